The van der Waals surface area contributed by atoms with E-state index in [1.54, 1.807) is 35.9 Å². The zero-order valence-electron chi connectivity index (χ0n) is 20.3. The van der Waals surface area contributed by atoms with Crippen molar-refractivity contribution in [3.8, 4) is 5.75 Å². The normalized spacial score (nSPS) is 14.4. The van der Waals surface area contributed by atoms with Gasteiger partial charge in [-0.2, -0.15) is 5.10 Å². The van der Waals surface area contributed by atoms with Crippen LogP contribution in [0.15, 0.2) is 59.2 Å². The Morgan fingerprint density at radius 2 is 1.77 bits per heavy atom. The fourth-order valence-corrected chi connectivity index (χ4v) is 4.61. The van der Waals surface area contributed by atoms with E-state index in [9.17, 15) is 9.59 Å². The SMILES string of the molecule is COc1ccc(/C=C2\N=C(SCC(=O)Nc3cc(C)nn3C)N(c3cc(C)cc(C)c3)C2=O)cc1. The minimum Gasteiger partial charge on any atom is -0.497 e. The Balaban J connectivity index is 1.60. The highest BCUT2D eigenvalue weighted by atomic mass is 32.2. The largest absolute Gasteiger partial charge is 0.497 e. The number of amidine groups is 1. The van der Waals surface area contributed by atoms with Gasteiger partial charge in [0.15, 0.2) is 5.17 Å². The molecule has 0 fully saturated rings. The summed E-state index contributed by atoms with van der Waals surface area (Å²) in [5.74, 6) is 0.991. The number of hydrogen-bond donors (Lipinski definition) is 1. The van der Waals surface area contributed by atoms with Gasteiger partial charge < -0.3 is 10.1 Å². The summed E-state index contributed by atoms with van der Waals surface area (Å²) in [5.41, 5.74) is 4.74. The van der Waals surface area contributed by atoms with Crippen molar-refractivity contribution in [2.75, 3.05) is 23.1 Å². The second-order valence-electron chi connectivity index (χ2n) is 8.32. The fourth-order valence-electron chi connectivity index (χ4n) is 3.80. The number of thioether (sulfide) groups is 1. The number of hydrogen-bond acceptors (Lipinski definition) is 6. The Morgan fingerprint density at radius 1 is 1.09 bits per heavy atom. The lowest BCUT2D eigenvalue weighted by Gasteiger charge is -2.19. The average molecular weight is 490 g/mol. The van der Waals surface area contributed by atoms with Crippen LogP contribution in [0.4, 0.5) is 11.5 Å². The molecule has 0 atom stereocenters. The average Bonchev–Trinajstić information content (AvgIpc) is 3.29. The van der Waals surface area contributed by atoms with Crippen LogP contribution in [0, 0.1) is 20.8 Å². The van der Waals surface area contributed by atoms with Gasteiger partial charge >= 0.3 is 0 Å². The summed E-state index contributed by atoms with van der Waals surface area (Å²) in [4.78, 5) is 32.3. The van der Waals surface area contributed by atoms with E-state index in [0.29, 0.717) is 16.7 Å². The predicted molar refractivity (Wildman–Crippen MR) is 141 cm³/mol. The Morgan fingerprint density at radius 3 is 2.37 bits per heavy atom. The first-order valence-corrected chi connectivity index (χ1v) is 12.0. The third-order valence-electron chi connectivity index (χ3n) is 5.32. The molecule has 0 unspecified atom stereocenters. The molecule has 2 heterocycles. The summed E-state index contributed by atoms with van der Waals surface area (Å²) < 4.78 is 6.83. The molecule has 35 heavy (non-hydrogen) atoms. The van der Waals surface area contributed by atoms with Gasteiger partial charge in [0.25, 0.3) is 5.91 Å². The third kappa shape index (κ3) is 5.63. The molecule has 9 heteroatoms. The molecule has 0 saturated carbocycles. The number of benzene rings is 2. The quantitative estimate of drug-likeness (QED) is 0.516. The molecule has 4 rings (SSSR count). The van der Waals surface area contributed by atoms with Crippen molar-refractivity contribution in [2.45, 2.75) is 20.8 Å². The summed E-state index contributed by atoms with van der Waals surface area (Å²) in [6.45, 7) is 5.83. The highest BCUT2D eigenvalue weighted by Crippen LogP contribution is 2.31. The number of aliphatic imine (C=N–C) groups is 1. The Bertz CT molecular complexity index is 1320. The number of amides is 2. The summed E-state index contributed by atoms with van der Waals surface area (Å²) in [6.07, 6.45) is 1.74. The number of aromatic nitrogens is 2. The third-order valence-corrected chi connectivity index (χ3v) is 6.25. The lowest BCUT2D eigenvalue weighted by Crippen LogP contribution is -2.31. The Kier molecular flexibility index (Phi) is 7.07. The van der Waals surface area contributed by atoms with E-state index in [1.165, 1.54) is 11.8 Å². The number of carbonyl (C=O) groups is 2. The number of anilines is 2. The number of nitrogens with one attached hydrogen (secondary N) is 1. The van der Waals surface area contributed by atoms with Gasteiger partial charge in [0.05, 0.1) is 24.2 Å². The standard InChI is InChI=1S/C26H27N5O3S/c1-16-10-17(2)12-20(11-16)31-25(33)22(14-19-6-8-21(34-5)9-7-19)27-26(31)35-15-24(32)28-23-13-18(3)29-30(23)4/h6-14H,15H2,1-5H3,(H,28,32)/b22-14-. The molecule has 1 aliphatic rings. The fraction of sp³-hybridized carbons (Fsp3) is 0.231. The van der Waals surface area contributed by atoms with Crippen LogP contribution in [-0.2, 0) is 16.6 Å². The highest BCUT2D eigenvalue weighted by Gasteiger charge is 2.32. The van der Waals surface area contributed by atoms with Crippen molar-refractivity contribution in [1.29, 1.82) is 0 Å². The van der Waals surface area contributed by atoms with Gasteiger partial charge in [0.2, 0.25) is 5.91 Å². The molecule has 2 aromatic carbocycles. The molecule has 2 amide bonds. The molecule has 0 spiro atoms. The molecule has 1 N–H and O–H groups in total. The van der Waals surface area contributed by atoms with Crippen LogP contribution in [0.3, 0.4) is 0 Å². The summed E-state index contributed by atoms with van der Waals surface area (Å²) in [6, 6.07) is 15.1. The Labute approximate surface area is 208 Å². The number of ether oxygens (including phenoxy) is 1. The maximum atomic E-state index is 13.4. The van der Waals surface area contributed by atoms with Gasteiger partial charge in [-0.05, 0) is 67.8 Å². The minimum atomic E-state index is -0.240. The lowest BCUT2D eigenvalue weighted by molar-refractivity contribution is -0.114. The summed E-state index contributed by atoms with van der Waals surface area (Å²) >= 11 is 1.22. The molecule has 180 valence electrons. The van der Waals surface area contributed by atoms with Crippen LogP contribution >= 0.6 is 11.8 Å². The minimum absolute atomic E-state index is 0.0907. The Hall–Kier alpha value is -3.85. The summed E-state index contributed by atoms with van der Waals surface area (Å²) in [5, 5.41) is 7.56. The molecular formula is C26H27N5O3S. The van der Waals surface area contributed by atoms with Crippen LogP contribution < -0.4 is 15.0 Å². The first-order valence-electron chi connectivity index (χ1n) is 11.0. The van der Waals surface area contributed by atoms with Gasteiger partial charge in [-0.25, -0.2) is 4.99 Å². The van der Waals surface area contributed by atoms with Gasteiger partial charge in [-0.15, -0.1) is 0 Å². The molecule has 1 aliphatic heterocycles. The molecule has 0 aliphatic carbocycles. The van der Waals surface area contributed by atoms with E-state index in [-0.39, 0.29) is 17.6 Å². The number of rotatable bonds is 6. The van der Waals surface area contributed by atoms with E-state index in [2.05, 4.69) is 15.4 Å². The van der Waals surface area contributed by atoms with Crippen molar-refractivity contribution in [2.24, 2.45) is 12.0 Å². The summed E-state index contributed by atoms with van der Waals surface area (Å²) in [7, 11) is 3.38. The molecule has 0 radical (unpaired) electrons. The van der Waals surface area contributed by atoms with Gasteiger partial charge in [0.1, 0.15) is 17.3 Å². The molecule has 0 saturated heterocycles. The second kappa shape index (κ2) is 10.2. The van der Waals surface area contributed by atoms with Gasteiger partial charge in [-0.1, -0.05) is 30.0 Å². The van der Waals surface area contributed by atoms with E-state index in [0.717, 1.165) is 33.8 Å². The lowest BCUT2D eigenvalue weighted by atomic mass is 10.1. The highest BCUT2D eigenvalue weighted by molar-refractivity contribution is 8.14. The van der Waals surface area contributed by atoms with Crippen LogP contribution in [0.1, 0.15) is 22.4 Å². The predicted octanol–water partition coefficient (Wildman–Crippen LogP) is 4.47. The molecular weight excluding hydrogens is 462 g/mol. The maximum absolute atomic E-state index is 13.4. The van der Waals surface area contributed by atoms with Gasteiger partial charge in [0, 0.05) is 13.1 Å². The zero-order valence-corrected chi connectivity index (χ0v) is 21.1. The number of nitrogens with zero attached hydrogens (tertiary/aromatic N) is 4. The van der Waals surface area contributed by atoms with Crippen LogP contribution in [0.2, 0.25) is 0 Å². The molecule has 3 aromatic rings. The smallest absolute Gasteiger partial charge is 0.283 e. The number of carbonyl (C=O) groups excluding carboxylic acids is 2. The first kappa shape index (κ1) is 24.3. The van der Waals surface area contributed by atoms with Gasteiger partial charge in [-0.3, -0.25) is 19.2 Å². The molecule has 0 bridgehead atoms. The first-order chi connectivity index (χ1) is 16.7. The second-order valence-corrected chi connectivity index (χ2v) is 9.26. The van der Waals surface area contributed by atoms with Crippen LogP contribution in [0.5, 0.6) is 5.75 Å². The van der Waals surface area contributed by atoms with Crippen molar-refractivity contribution in [3.05, 3.63) is 76.6 Å². The van der Waals surface area contributed by atoms with Crippen molar-refractivity contribution in [3.63, 3.8) is 0 Å². The molecule has 1 aromatic heterocycles. The van der Waals surface area contributed by atoms with Crippen molar-refractivity contribution < 1.29 is 14.3 Å². The monoisotopic (exact) mass is 489 g/mol. The number of aryl methyl sites for hydroxylation is 4. The van der Waals surface area contributed by atoms with E-state index in [1.807, 2.05) is 63.2 Å². The maximum Gasteiger partial charge on any atom is 0.283 e. The van der Waals surface area contributed by atoms with Crippen molar-refractivity contribution >= 4 is 46.3 Å². The van der Waals surface area contributed by atoms with E-state index >= 15 is 0 Å². The topological polar surface area (TPSA) is 88.8 Å². The molecule has 8 nitrogen and oxygen atoms in total. The van der Waals surface area contributed by atoms with E-state index in [4.69, 9.17) is 4.74 Å². The van der Waals surface area contributed by atoms with E-state index < -0.39 is 0 Å². The van der Waals surface area contributed by atoms with Crippen molar-refractivity contribution in [1.82, 2.24) is 9.78 Å². The van der Waals surface area contributed by atoms with Crippen LogP contribution in [-0.4, -0.2) is 39.6 Å². The van der Waals surface area contributed by atoms with Crippen LogP contribution in [0.25, 0.3) is 6.08 Å². The number of methoxy groups -OCH3 is 1. The zero-order chi connectivity index (χ0) is 25.1.